The number of alkyl halides is 3. The van der Waals surface area contributed by atoms with Crippen molar-refractivity contribution in [1.82, 2.24) is 10.2 Å². The molecule has 1 aromatic rings. The third-order valence-electron chi connectivity index (χ3n) is 4.66. The minimum atomic E-state index is -4.88. The van der Waals surface area contributed by atoms with Crippen LogP contribution < -0.4 is 10.1 Å². The first-order chi connectivity index (χ1) is 10.9. The average molecular weight is 332 g/mol. The highest BCUT2D eigenvalue weighted by molar-refractivity contribution is 5.32. The zero-order chi connectivity index (χ0) is 16.4. The first-order valence-electron chi connectivity index (χ1n) is 7.94. The largest absolute Gasteiger partial charge is 0.573 e. The number of rotatable bonds is 4. The molecular weight excluding hydrogens is 312 g/mol. The van der Waals surface area contributed by atoms with Gasteiger partial charge in [0, 0.05) is 32.2 Å². The Morgan fingerprint density at radius 1 is 1.17 bits per heavy atom. The molecule has 1 aliphatic carbocycles. The van der Waals surface area contributed by atoms with Crippen LogP contribution in [0.3, 0.4) is 0 Å². The molecule has 128 valence electrons. The van der Waals surface area contributed by atoms with Crippen LogP contribution in [0.4, 0.5) is 17.6 Å². The van der Waals surface area contributed by atoms with Crippen molar-refractivity contribution in [1.29, 1.82) is 0 Å². The lowest BCUT2D eigenvalue weighted by molar-refractivity contribution is -0.275. The summed E-state index contributed by atoms with van der Waals surface area (Å²) in [5, 5.41) is 3.28. The number of halogens is 4. The van der Waals surface area contributed by atoms with E-state index >= 15 is 0 Å². The molecule has 0 radical (unpaired) electrons. The monoisotopic (exact) mass is 332 g/mol. The van der Waals surface area contributed by atoms with E-state index < -0.39 is 17.9 Å². The van der Waals surface area contributed by atoms with Gasteiger partial charge in [-0.1, -0.05) is 12.5 Å². The average Bonchev–Trinajstić information content (AvgIpc) is 2.44. The minimum absolute atomic E-state index is 0.0697. The van der Waals surface area contributed by atoms with Gasteiger partial charge in [-0.15, -0.1) is 13.2 Å². The quantitative estimate of drug-likeness (QED) is 0.855. The highest BCUT2D eigenvalue weighted by Crippen LogP contribution is 2.42. The maximum absolute atomic E-state index is 14.0. The van der Waals surface area contributed by atoms with Gasteiger partial charge in [-0.3, -0.25) is 4.90 Å². The molecule has 1 N–H and O–H groups in total. The summed E-state index contributed by atoms with van der Waals surface area (Å²) in [4.78, 5) is 2.30. The molecule has 0 unspecified atom stereocenters. The first kappa shape index (κ1) is 16.5. The predicted molar refractivity (Wildman–Crippen MR) is 77.6 cm³/mol. The van der Waals surface area contributed by atoms with Gasteiger partial charge in [-0.25, -0.2) is 4.39 Å². The van der Waals surface area contributed by atoms with Crippen molar-refractivity contribution in [2.75, 3.05) is 26.2 Å². The first-order valence-corrected chi connectivity index (χ1v) is 7.94. The van der Waals surface area contributed by atoms with Gasteiger partial charge in [0.1, 0.15) is 0 Å². The number of nitrogens with one attached hydrogen (secondary N) is 1. The molecule has 3 nitrogen and oxygen atoms in total. The van der Waals surface area contributed by atoms with Gasteiger partial charge < -0.3 is 10.1 Å². The molecule has 7 heteroatoms. The maximum Gasteiger partial charge on any atom is 0.573 e. The lowest BCUT2D eigenvalue weighted by atomic mass is 9.76. The van der Waals surface area contributed by atoms with Crippen molar-refractivity contribution < 1.29 is 22.3 Å². The summed E-state index contributed by atoms with van der Waals surface area (Å²) in [6, 6.07) is 3.92. The summed E-state index contributed by atoms with van der Waals surface area (Å²) < 4.78 is 54.5. The second-order valence-electron chi connectivity index (χ2n) is 6.16. The van der Waals surface area contributed by atoms with Gasteiger partial charge in [0.2, 0.25) is 0 Å². The number of ether oxygens (including phenoxy) is 1. The zero-order valence-electron chi connectivity index (χ0n) is 12.7. The molecule has 0 bridgehead atoms. The highest BCUT2D eigenvalue weighted by atomic mass is 19.4. The molecule has 2 aliphatic rings. The minimum Gasteiger partial charge on any atom is -0.403 e. The summed E-state index contributed by atoms with van der Waals surface area (Å²) in [5.41, 5.74) is 0.739. The molecule has 0 aromatic heterocycles. The Kier molecular flexibility index (Phi) is 4.77. The second kappa shape index (κ2) is 6.65. The van der Waals surface area contributed by atoms with Gasteiger partial charge in [-0.05, 0) is 36.5 Å². The van der Waals surface area contributed by atoms with E-state index in [-0.39, 0.29) is 6.04 Å². The molecule has 3 rings (SSSR count). The van der Waals surface area contributed by atoms with Crippen LogP contribution in [0.1, 0.15) is 30.9 Å². The Balaban J connectivity index is 1.82. The van der Waals surface area contributed by atoms with Crippen LogP contribution in [0.25, 0.3) is 0 Å². The number of benzene rings is 1. The fraction of sp³-hybridized carbons (Fsp3) is 0.625. The van der Waals surface area contributed by atoms with Crippen molar-refractivity contribution >= 4 is 0 Å². The van der Waals surface area contributed by atoms with Crippen LogP contribution in [0.15, 0.2) is 18.2 Å². The fourth-order valence-electron chi connectivity index (χ4n) is 3.41. The number of hydrogen-bond acceptors (Lipinski definition) is 3. The lowest BCUT2D eigenvalue weighted by Gasteiger charge is -2.43. The zero-order valence-corrected chi connectivity index (χ0v) is 12.7. The smallest absolute Gasteiger partial charge is 0.403 e. The fourth-order valence-corrected chi connectivity index (χ4v) is 3.41. The van der Waals surface area contributed by atoms with Crippen LogP contribution in [-0.4, -0.2) is 37.4 Å². The van der Waals surface area contributed by atoms with Crippen LogP contribution in [0.2, 0.25) is 0 Å². The normalized spacial score (nSPS) is 21.7. The van der Waals surface area contributed by atoms with Crippen molar-refractivity contribution in [3.63, 3.8) is 0 Å². The topological polar surface area (TPSA) is 24.5 Å². The molecule has 1 aliphatic heterocycles. The summed E-state index contributed by atoms with van der Waals surface area (Å²) in [6.07, 6.45) is -1.56. The summed E-state index contributed by atoms with van der Waals surface area (Å²) in [7, 11) is 0. The van der Waals surface area contributed by atoms with E-state index in [2.05, 4.69) is 15.0 Å². The molecule has 1 saturated carbocycles. The molecule has 0 spiro atoms. The van der Waals surface area contributed by atoms with Crippen LogP contribution in [0.5, 0.6) is 5.75 Å². The Morgan fingerprint density at radius 3 is 2.39 bits per heavy atom. The molecule has 1 heterocycles. The van der Waals surface area contributed by atoms with Crippen molar-refractivity contribution in [3.8, 4) is 5.75 Å². The van der Waals surface area contributed by atoms with Gasteiger partial charge in [0.25, 0.3) is 0 Å². The van der Waals surface area contributed by atoms with Gasteiger partial charge in [0.05, 0.1) is 0 Å². The molecular formula is C16H20F4N2O. The standard InChI is InChI=1S/C16H20F4N2O/c17-13-10-12(4-5-14(13)23-16(18,19)20)15(11-2-1-3-11)22-8-6-21-7-9-22/h4-5,10-11,15,21H,1-3,6-9H2/t15-/m0/s1. The molecule has 1 atom stereocenters. The maximum atomic E-state index is 14.0. The molecule has 23 heavy (non-hydrogen) atoms. The van der Waals surface area contributed by atoms with E-state index in [0.29, 0.717) is 5.92 Å². The van der Waals surface area contributed by atoms with Crippen molar-refractivity contribution in [2.24, 2.45) is 5.92 Å². The number of hydrogen-bond donors (Lipinski definition) is 1. The number of nitrogens with zero attached hydrogens (tertiary/aromatic N) is 1. The lowest BCUT2D eigenvalue weighted by Crippen LogP contribution is -2.47. The van der Waals surface area contributed by atoms with Gasteiger partial charge >= 0.3 is 6.36 Å². The Labute approximate surface area is 132 Å². The second-order valence-corrected chi connectivity index (χ2v) is 6.16. The Hall–Kier alpha value is -1.34. The summed E-state index contributed by atoms with van der Waals surface area (Å²) in [5.74, 6) is -1.28. The molecule has 0 amide bonds. The van der Waals surface area contributed by atoms with Gasteiger partial charge in [0.15, 0.2) is 11.6 Å². The Morgan fingerprint density at radius 2 is 1.87 bits per heavy atom. The van der Waals surface area contributed by atoms with Crippen LogP contribution in [-0.2, 0) is 0 Å². The Bertz CT molecular complexity index is 539. The van der Waals surface area contributed by atoms with E-state index in [1.165, 1.54) is 6.07 Å². The summed E-state index contributed by atoms with van der Waals surface area (Å²) >= 11 is 0. The third kappa shape index (κ3) is 3.95. The van der Waals surface area contributed by atoms with E-state index in [0.717, 1.165) is 57.1 Å². The van der Waals surface area contributed by atoms with Crippen molar-refractivity contribution in [3.05, 3.63) is 29.6 Å². The number of piperazine rings is 1. The molecule has 1 saturated heterocycles. The van der Waals surface area contributed by atoms with E-state index in [4.69, 9.17) is 0 Å². The predicted octanol–water partition coefficient (Wildman–Crippen LogP) is 3.47. The SMILES string of the molecule is Fc1cc([C@H](C2CCC2)N2CCNCC2)ccc1OC(F)(F)F. The van der Waals surface area contributed by atoms with Crippen molar-refractivity contribution in [2.45, 2.75) is 31.7 Å². The summed E-state index contributed by atoms with van der Waals surface area (Å²) in [6.45, 7) is 3.48. The van der Waals surface area contributed by atoms with Gasteiger partial charge in [-0.2, -0.15) is 0 Å². The molecule has 1 aromatic carbocycles. The third-order valence-corrected chi connectivity index (χ3v) is 4.66. The van der Waals surface area contributed by atoms with Crippen LogP contribution >= 0.6 is 0 Å². The highest BCUT2D eigenvalue weighted by Gasteiger charge is 2.35. The van der Waals surface area contributed by atoms with Crippen LogP contribution in [0, 0.1) is 11.7 Å². The molecule has 2 fully saturated rings. The van der Waals surface area contributed by atoms with E-state index in [9.17, 15) is 17.6 Å². The van der Waals surface area contributed by atoms with E-state index in [1.807, 2.05) is 0 Å². The van der Waals surface area contributed by atoms with E-state index in [1.54, 1.807) is 6.07 Å².